The van der Waals surface area contributed by atoms with Gasteiger partial charge in [-0.15, -0.1) is 0 Å². The van der Waals surface area contributed by atoms with E-state index in [2.05, 4.69) is 0 Å². The zero-order chi connectivity index (χ0) is 12.8. The van der Waals surface area contributed by atoms with Crippen LogP contribution in [0.3, 0.4) is 0 Å². The highest BCUT2D eigenvalue weighted by Crippen LogP contribution is 2.13. The van der Waals surface area contributed by atoms with Crippen molar-refractivity contribution >= 4 is 9.53 Å². The van der Waals surface area contributed by atoms with Crippen LogP contribution in [-0.2, 0) is 19.7 Å². The molecule has 0 spiro atoms. The SMILES string of the molecule is CO[Si](OC)OC(C)Cc1ccc(F)cc1F. The van der Waals surface area contributed by atoms with Crippen LogP contribution in [0.5, 0.6) is 0 Å². The second-order valence-corrected chi connectivity index (χ2v) is 5.08. The molecule has 1 unspecified atom stereocenters. The van der Waals surface area contributed by atoms with Gasteiger partial charge in [-0.25, -0.2) is 8.78 Å². The smallest absolute Gasteiger partial charge is 0.375 e. The molecule has 0 bridgehead atoms. The Bertz CT molecular complexity index is 359. The third kappa shape index (κ3) is 4.51. The van der Waals surface area contributed by atoms with Crippen LogP contribution < -0.4 is 0 Å². The van der Waals surface area contributed by atoms with E-state index in [0.717, 1.165) is 6.07 Å². The van der Waals surface area contributed by atoms with E-state index in [1.54, 1.807) is 6.92 Å². The van der Waals surface area contributed by atoms with Crippen molar-refractivity contribution in [3.8, 4) is 0 Å². The normalized spacial score (nSPS) is 13.1. The van der Waals surface area contributed by atoms with Crippen molar-refractivity contribution in [2.75, 3.05) is 14.2 Å². The van der Waals surface area contributed by atoms with Crippen molar-refractivity contribution in [2.45, 2.75) is 19.4 Å². The summed E-state index contributed by atoms with van der Waals surface area (Å²) < 4.78 is 41.4. The summed E-state index contributed by atoms with van der Waals surface area (Å²) in [5, 5.41) is 0. The quantitative estimate of drug-likeness (QED) is 0.735. The Morgan fingerprint density at radius 1 is 1.24 bits per heavy atom. The van der Waals surface area contributed by atoms with E-state index in [1.807, 2.05) is 0 Å². The second kappa shape index (κ2) is 6.80. The summed E-state index contributed by atoms with van der Waals surface area (Å²) in [4.78, 5) is 0. The van der Waals surface area contributed by atoms with Gasteiger partial charge in [-0.05, 0) is 18.6 Å². The van der Waals surface area contributed by atoms with E-state index in [-0.39, 0.29) is 6.10 Å². The molecule has 17 heavy (non-hydrogen) atoms. The van der Waals surface area contributed by atoms with Gasteiger partial charge in [0, 0.05) is 26.7 Å². The van der Waals surface area contributed by atoms with Crippen LogP contribution in [0, 0.1) is 11.6 Å². The van der Waals surface area contributed by atoms with Gasteiger partial charge in [0.25, 0.3) is 0 Å². The number of halogens is 2. The molecule has 0 fully saturated rings. The minimum atomic E-state index is -1.76. The fraction of sp³-hybridized carbons (Fsp3) is 0.455. The van der Waals surface area contributed by atoms with E-state index in [9.17, 15) is 8.78 Å². The molecule has 1 atom stereocenters. The highest BCUT2D eigenvalue weighted by molar-refractivity contribution is 6.36. The predicted molar refractivity (Wildman–Crippen MR) is 60.4 cm³/mol. The average Bonchev–Trinajstić information content (AvgIpc) is 2.29. The lowest BCUT2D eigenvalue weighted by Crippen LogP contribution is -2.29. The molecule has 3 nitrogen and oxygen atoms in total. The molecule has 0 aliphatic carbocycles. The first kappa shape index (κ1) is 14.2. The fourth-order valence-corrected chi connectivity index (χ4v) is 2.15. The van der Waals surface area contributed by atoms with E-state index in [4.69, 9.17) is 13.3 Å². The van der Waals surface area contributed by atoms with Gasteiger partial charge in [-0.2, -0.15) is 0 Å². The third-order valence-electron chi connectivity index (χ3n) is 2.15. The maximum absolute atomic E-state index is 13.4. The monoisotopic (exact) mass is 261 g/mol. The van der Waals surface area contributed by atoms with Crippen LogP contribution in [-0.4, -0.2) is 29.9 Å². The van der Waals surface area contributed by atoms with Gasteiger partial charge in [-0.1, -0.05) is 6.07 Å². The second-order valence-electron chi connectivity index (χ2n) is 3.53. The summed E-state index contributed by atoms with van der Waals surface area (Å²) in [6.45, 7) is 1.78. The molecule has 0 saturated carbocycles. The Morgan fingerprint density at radius 3 is 2.41 bits per heavy atom. The van der Waals surface area contributed by atoms with Crippen LogP contribution in [0.1, 0.15) is 12.5 Å². The Morgan fingerprint density at radius 2 is 1.88 bits per heavy atom. The molecule has 0 saturated heterocycles. The third-order valence-corrected chi connectivity index (χ3v) is 3.41. The number of rotatable bonds is 6. The Balaban J connectivity index is 2.58. The van der Waals surface area contributed by atoms with E-state index in [1.165, 1.54) is 26.4 Å². The van der Waals surface area contributed by atoms with E-state index >= 15 is 0 Å². The van der Waals surface area contributed by atoms with Crippen molar-refractivity contribution in [1.82, 2.24) is 0 Å². The number of hydrogen-bond acceptors (Lipinski definition) is 3. The first-order valence-corrected chi connectivity index (χ1v) is 6.34. The van der Waals surface area contributed by atoms with Crippen LogP contribution in [0.25, 0.3) is 0 Å². The van der Waals surface area contributed by atoms with Gasteiger partial charge >= 0.3 is 9.53 Å². The Hall–Kier alpha value is -0.823. The topological polar surface area (TPSA) is 27.7 Å². The molecule has 0 aliphatic rings. The van der Waals surface area contributed by atoms with Gasteiger partial charge in [0.1, 0.15) is 11.6 Å². The van der Waals surface area contributed by atoms with Crippen LogP contribution in [0.2, 0.25) is 0 Å². The largest absolute Gasteiger partial charge is 0.577 e. The maximum Gasteiger partial charge on any atom is 0.577 e. The summed E-state index contributed by atoms with van der Waals surface area (Å²) in [5.74, 6) is -1.15. The molecule has 0 heterocycles. The van der Waals surface area contributed by atoms with Gasteiger partial charge in [0.05, 0.1) is 6.10 Å². The zero-order valence-electron chi connectivity index (χ0n) is 10.00. The Kier molecular flexibility index (Phi) is 5.70. The fourth-order valence-electron chi connectivity index (χ4n) is 1.38. The lowest BCUT2D eigenvalue weighted by molar-refractivity contribution is 0.0947. The molecule has 1 radical (unpaired) electrons. The first-order chi connectivity index (χ1) is 8.06. The van der Waals surface area contributed by atoms with Crippen LogP contribution in [0.15, 0.2) is 18.2 Å². The predicted octanol–water partition coefficient (Wildman–Crippen LogP) is 2.19. The van der Waals surface area contributed by atoms with Gasteiger partial charge in [-0.3, -0.25) is 0 Å². The molecule has 1 aromatic rings. The average molecular weight is 261 g/mol. The molecular formula is C11H15F2O3Si. The molecule has 0 aliphatic heterocycles. The number of hydrogen-bond donors (Lipinski definition) is 0. The molecule has 0 aromatic heterocycles. The molecule has 1 aromatic carbocycles. The molecule has 95 valence electrons. The van der Waals surface area contributed by atoms with Crippen molar-refractivity contribution in [2.24, 2.45) is 0 Å². The highest BCUT2D eigenvalue weighted by Gasteiger charge is 2.20. The zero-order valence-corrected chi connectivity index (χ0v) is 11.0. The highest BCUT2D eigenvalue weighted by atomic mass is 28.3. The van der Waals surface area contributed by atoms with Crippen LogP contribution in [0.4, 0.5) is 8.78 Å². The lowest BCUT2D eigenvalue weighted by Gasteiger charge is -2.16. The first-order valence-electron chi connectivity index (χ1n) is 5.12. The van der Waals surface area contributed by atoms with Crippen molar-refractivity contribution in [1.29, 1.82) is 0 Å². The number of benzene rings is 1. The molecule has 0 amide bonds. The Labute approximate surface area is 101 Å². The van der Waals surface area contributed by atoms with Crippen molar-refractivity contribution in [3.05, 3.63) is 35.4 Å². The van der Waals surface area contributed by atoms with E-state index in [0.29, 0.717) is 12.0 Å². The summed E-state index contributed by atoms with van der Waals surface area (Å²) in [6.07, 6.45) is 0.0799. The summed E-state index contributed by atoms with van der Waals surface area (Å²) in [5.41, 5.74) is 0.410. The molecule has 0 N–H and O–H groups in total. The van der Waals surface area contributed by atoms with Crippen molar-refractivity contribution < 1.29 is 22.1 Å². The lowest BCUT2D eigenvalue weighted by atomic mass is 10.1. The summed E-state index contributed by atoms with van der Waals surface area (Å²) >= 11 is 0. The van der Waals surface area contributed by atoms with Gasteiger partial charge in [0.2, 0.25) is 0 Å². The minimum Gasteiger partial charge on any atom is -0.375 e. The van der Waals surface area contributed by atoms with Gasteiger partial charge in [0.15, 0.2) is 0 Å². The van der Waals surface area contributed by atoms with Crippen LogP contribution >= 0.6 is 0 Å². The minimum absolute atomic E-state index is 0.260. The summed E-state index contributed by atoms with van der Waals surface area (Å²) in [6, 6.07) is 3.50. The molecular weight excluding hydrogens is 246 g/mol. The maximum atomic E-state index is 13.4. The van der Waals surface area contributed by atoms with Crippen molar-refractivity contribution in [3.63, 3.8) is 0 Å². The molecule has 6 heteroatoms. The molecule has 1 rings (SSSR count). The summed E-state index contributed by atoms with van der Waals surface area (Å²) in [7, 11) is 1.22. The van der Waals surface area contributed by atoms with Gasteiger partial charge < -0.3 is 13.3 Å². The standard InChI is InChI=1S/C11H15F2O3Si/c1-8(16-17(14-2)15-3)6-9-4-5-10(12)7-11(9)13/h4-5,7-8H,6H2,1-3H3. The van der Waals surface area contributed by atoms with E-state index < -0.39 is 21.2 Å².